The van der Waals surface area contributed by atoms with Crippen molar-refractivity contribution in [2.75, 3.05) is 25.6 Å². The summed E-state index contributed by atoms with van der Waals surface area (Å²) in [7, 11) is 3.23. The summed E-state index contributed by atoms with van der Waals surface area (Å²) >= 11 is 6.77. The van der Waals surface area contributed by atoms with Crippen LogP contribution in [0.3, 0.4) is 0 Å². The molecule has 0 amide bonds. The van der Waals surface area contributed by atoms with Crippen molar-refractivity contribution in [2.24, 2.45) is 7.05 Å². The zero-order chi connectivity index (χ0) is 26.5. The number of carbonyl (C=O) groups is 1. The second kappa shape index (κ2) is 11.5. The number of aromatic nitrogens is 5. The number of benzene rings is 1. The zero-order valence-corrected chi connectivity index (χ0v) is 21.7. The number of hydrogen-bond acceptors (Lipinski definition) is 8. The number of carboxylic acids is 1. The summed E-state index contributed by atoms with van der Waals surface area (Å²) in [5, 5.41) is 21.6. The molecule has 0 saturated carbocycles. The lowest BCUT2D eigenvalue weighted by atomic mass is 10.1. The van der Waals surface area contributed by atoms with E-state index < -0.39 is 12.6 Å². The lowest BCUT2D eigenvalue weighted by molar-refractivity contribution is -0.139. The standard InChI is InChI=1S/C25H29ClN6O5/c1-5-18-17(13-27-32(18)21-8-6-7-11-36-21)23(26)15(2)28-25-29-24(30-31(25)3)16-9-10-19(20(12-16)35-4)37-14-22(33)34/h5,9-10,12-13,21H,1,6-8,11,14H2,2-4H3,(H,33,34)(H,28,29,30)/b23-15-. The maximum Gasteiger partial charge on any atom is 0.341 e. The van der Waals surface area contributed by atoms with Crippen molar-refractivity contribution in [2.45, 2.75) is 32.4 Å². The van der Waals surface area contributed by atoms with Gasteiger partial charge in [0.05, 0.1) is 24.0 Å². The van der Waals surface area contributed by atoms with Crippen LogP contribution in [0.25, 0.3) is 22.5 Å². The lowest BCUT2D eigenvalue weighted by Gasteiger charge is -2.24. The van der Waals surface area contributed by atoms with E-state index in [1.165, 1.54) is 7.11 Å². The van der Waals surface area contributed by atoms with Gasteiger partial charge < -0.3 is 24.6 Å². The molecule has 196 valence electrons. The van der Waals surface area contributed by atoms with Crippen LogP contribution in [0.4, 0.5) is 5.95 Å². The van der Waals surface area contributed by atoms with Crippen LogP contribution in [0.1, 0.15) is 43.7 Å². The molecule has 0 spiro atoms. The molecule has 0 bridgehead atoms. The molecule has 1 aliphatic rings. The Labute approximate surface area is 219 Å². The van der Waals surface area contributed by atoms with Crippen LogP contribution in [0.2, 0.25) is 0 Å². The number of rotatable bonds is 10. The molecule has 12 heteroatoms. The molecular formula is C25H29ClN6O5. The normalized spacial score (nSPS) is 16.2. The van der Waals surface area contributed by atoms with E-state index in [1.54, 1.807) is 42.2 Å². The number of anilines is 1. The van der Waals surface area contributed by atoms with E-state index in [-0.39, 0.29) is 6.23 Å². The van der Waals surface area contributed by atoms with Gasteiger partial charge >= 0.3 is 5.97 Å². The number of aryl methyl sites for hydroxylation is 1. The Balaban J connectivity index is 1.57. The molecule has 1 aliphatic heterocycles. The number of methoxy groups -OCH3 is 1. The predicted molar refractivity (Wildman–Crippen MR) is 139 cm³/mol. The summed E-state index contributed by atoms with van der Waals surface area (Å²) in [5.74, 6) is 0.511. The van der Waals surface area contributed by atoms with E-state index in [0.717, 1.165) is 30.5 Å². The van der Waals surface area contributed by atoms with E-state index in [4.69, 9.17) is 30.9 Å². The van der Waals surface area contributed by atoms with Gasteiger partial charge in [0.1, 0.15) is 0 Å². The first-order valence-corrected chi connectivity index (χ1v) is 12.1. The third-order valence-electron chi connectivity index (χ3n) is 5.86. The van der Waals surface area contributed by atoms with Gasteiger partial charge in [-0.15, -0.1) is 5.10 Å². The molecule has 4 rings (SSSR count). The van der Waals surface area contributed by atoms with Gasteiger partial charge in [0, 0.05) is 30.5 Å². The number of nitrogens with one attached hydrogen (secondary N) is 1. The van der Waals surface area contributed by atoms with Crippen molar-refractivity contribution in [3.8, 4) is 22.9 Å². The van der Waals surface area contributed by atoms with Crippen molar-refractivity contribution in [1.82, 2.24) is 24.5 Å². The molecule has 11 nitrogen and oxygen atoms in total. The van der Waals surface area contributed by atoms with Crippen LogP contribution in [-0.4, -0.2) is 55.9 Å². The van der Waals surface area contributed by atoms with Gasteiger partial charge in [-0.25, -0.2) is 14.2 Å². The Morgan fingerprint density at radius 3 is 2.86 bits per heavy atom. The van der Waals surface area contributed by atoms with Crippen LogP contribution in [0.15, 0.2) is 36.7 Å². The molecule has 37 heavy (non-hydrogen) atoms. The fourth-order valence-corrected chi connectivity index (χ4v) is 4.19. The fourth-order valence-electron chi connectivity index (χ4n) is 4.00. The zero-order valence-electron chi connectivity index (χ0n) is 20.9. The van der Waals surface area contributed by atoms with Gasteiger partial charge in [0.15, 0.2) is 30.2 Å². The van der Waals surface area contributed by atoms with E-state index in [0.29, 0.717) is 46.2 Å². The molecule has 2 N–H and O–H groups in total. The van der Waals surface area contributed by atoms with Gasteiger partial charge in [-0.3, -0.25) is 0 Å². The average Bonchev–Trinajstić information content (AvgIpc) is 3.50. The van der Waals surface area contributed by atoms with E-state index in [9.17, 15) is 4.79 Å². The highest BCUT2D eigenvalue weighted by molar-refractivity contribution is 6.49. The Hall–Kier alpha value is -3.83. The predicted octanol–water partition coefficient (Wildman–Crippen LogP) is 4.53. The molecule has 1 fully saturated rings. The molecule has 1 atom stereocenters. The summed E-state index contributed by atoms with van der Waals surface area (Å²) in [4.78, 5) is 15.4. The molecular weight excluding hydrogens is 500 g/mol. The van der Waals surface area contributed by atoms with Crippen LogP contribution >= 0.6 is 11.6 Å². The largest absolute Gasteiger partial charge is 0.493 e. The summed E-state index contributed by atoms with van der Waals surface area (Å²) in [5.41, 5.74) is 2.85. The van der Waals surface area contributed by atoms with Gasteiger partial charge in [-0.05, 0) is 50.5 Å². The molecule has 0 aliphatic carbocycles. The minimum absolute atomic E-state index is 0.132. The monoisotopic (exact) mass is 528 g/mol. The van der Waals surface area contributed by atoms with Crippen molar-refractivity contribution in [1.29, 1.82) is 0 Å². The van der Waals surface area contributed by atoms with Crippen LogP contribution in [0.5, 0.6) is 11.5 Å². The maximum atomic E-state index is 10.8. The molecule has 3 aromatic rings. The van der Waals surface area contributed by atoms with Crippen molar-refractivity contribution >= 4 is 34.6 Å². The fraction of sp³-hybridized carbons (Fsp3) is 0.360. The van der Waals surface area contributed by atoms with E-state index in [2.05, 4.69) is 27.1 Å². The molecule has 1 unspecified atom stereocenters. The quantitative estimate of drug-likeness (QED) is 0.390. The first kappa shape index (κ1) is 26.2. The molecule has 3 heterocycles. The van der Waals surface area contributed by atoms with Crippen molar-refractivity contribution in [3.63, 3.8) is 0 Å². The molecule has 0 radical (unpaired) electrons. The van der Waals surface area contributed by atoms with Crippen LogP contribution < -0.4 is 14.8 Å². The third kappa shape index (κ3) is 5.78. The van der Waals surface area contributed by atoms with Gasteiger partial charge in [-0.1, -0.05) is 18.2 Å². The average molecular weight is 529 g/mol. The first-order valence-electron chi connectivity index (χ1n) is 11.7. The second-order valence-electron chi connectivity index (χ2n) is 8.41. The van der Waals surface area contributed by atoms with Crippen molar-refractivity contribution < 1.29 is 24.1 Å². The van der Waals surface area contributed by atoms with Crippen LogP contribution in [-0.2, 0) is 16.6 Å². The van der Waals surface area contributed by atoms with Gasteiger partial charge in [0.2, 0.25) is 5.95 Å². The summed E-state index contributed by atoms with van der Waals surface area (Å²) < 4.78 is 19.9. The number of nitrogens with zero attached hydrogens (tertiary/aromatic N) is 5. The lowest BCUT2D eigenvalue weighted by Crippen LogP contribution is -2.20. The van der Waals surface area contributed by atoms with Crippen LogP contribution in [0, 0.1) is 0 Å². The Bertz CT molecular complexity index is 1330. The molecule has 1 aromatic carbocycles. The number of hydrogen-bond donors (Lipinski definition) is 2. The number of allylic oxidation sites excluding steroid dienone is 1. The second-order valence-corrected chi connectivity index (χ2v) is 8.79. The number of carboxylic acid groups (broad SMARTS) is 1. The Morgan fingerprint density at radius 2 is 2.19 bits per heavy atom. The van der Waals surface area contributed by atoms with Gasteiger partial charge in [-0.2, -0.15) is 10.1 Å². The summed E-state index contributed by atoms with van der Waals surface area (Å²) in [6.45, 7) is 6.02. The summed E-state index contributed by atoms with van der Waals surface area (Å²) in [6, 6.07) is 5.03. The Morgan fingerprint density at radius 1 is 1.38 bits per heavy atom. The topological polar surface area (TPSA) is 126 Å². The maximum absolute atomic E-state index is 10.8. The SMILES string of the molecule is C=Cc1c(/C(Cl)=C(\C)Nc2nc(-c3ccc(OCC(=O)O)c(OC)c3)nn2C)cnn1C1CCCCO1. The molecule has 2 aromatic heterocycles. The van der Waals surface area contributed by atoms with E-state index in [1.807, 2.05) is 11.6 Å². The van der Waals surface area contributed by atoms with Crippen molar-refractivity contribution in [3.05, 3.63) is 47.9 Å². The molecule has 1 saturated heterocycles. The van der Waals surface area contributed by atoms with Gasteiger partial charge in [0.25, 0.3) is 0 Å². The highest BCUT2D eigenvalue weighted by atomic mass is 35.5. The highest BCUT2D eigenvalue weighted by Crippen LogP contribution is 2.33. The third-order valence-corrected chi connectivity index (χ3v) is 6.34. The minimum Gasteiger partial charge on any atom is -0.493 e. The smallest absolute Gasteiger partial charge is 0.341 e. The minimum atomic E-state index is -1.08. The number of halogens is 1. The highest BCUT2D eigenvalue weighted by Gasteiger charge is 2.22. The van der Waals surface area contributed by atoms with E-state index >= 15 is 0 Å². The first-order chi connectivity index (χ1) is 17.8. The number of ether oxygens (including phenoxy) is 3. The number of aliphatic carboxylic acids is 1. The Kier molecular flexibility index (Phi) is 8.14. The summed E-state index contributed by atoms with van der Waals surface area (Å²) in [6.07, 6.45) is 6.33.